The number of ether oxygens (including phenoxy) is 2. The Morgan fingerprint density at radius 3 is 3.00 bits per heavy atom. The standard InChI is InChI=1S/C14H22N2O3S/c1-14(2,3)19-13(17)16-7-4-5-11(9-16)10-18-12-15-6-8-20-12/h6,8,11H,4-5,7,9-10H2,1-3H3/t11-/m0/s1. The zero-order valence-electron chi connectivity index (χ0n) is 12.3. The molecule has 0 spiro atoms. The number of amides is 1. The average molecular weight is 298 g/mol. The third-order valence-corrected chi connectivity index (χ3v) is 3.71. The van der Waals surface area contributed by atoms with Gasteiger partial charge in [-0.1, -0.05) is 11.3 Å². The van der Waals surface area contributed by atoms with Crippen LogP contribution in [0.2, 0.25) is 0 Å². The summed E-state index contributed by atoms with van der Waals surface area (Å²) < 4.78 is 11.1. The van der Waals surface area contributed by atoms with E-state index in [1.165, 1.54) is 11.3 Å². The minimum Gasteiger partial charge on any atom is -0.470 e. The highest BCUT2D eigenvalue weighted by Gasteiger charge is 2.27. The fraction of sp³-hybridized carbons (Fsp3) is 0.714. The highest BCUT2D eigenvalue weighted by molar-refractivity contribution is 7.11. The van der Waals surface area contributed by atoms with Gasteiger partial charge in [-0.05, 0) is 33.6 Å². The molecule has 0 aromatic carbocycles. The first-order valence-corrected chi connectivity index (χ1v) is 7.82. The van der Waals surface area contributed by atoms with Gasteiger partial charge in [0, 0.05) is 30.6 Å². The maximum Gasteiger partial charge on any atom is 0.410 e. The first-order valence-electron chi connectivity index (χ1n) is 6.94. The number of carbonyl (C=O) groups excluding carboxylic acids is 1. The van der Waals surface area contributed by atoms with E-state index in [0.717, 1.165) is 19.4 Å². The first-order chi connectivity index (χ1) is 9.44. The highest BCUT2D eigenvalue weighted by atomic mass is 32.1. The van der Waals surface area contributed by atoms with Gasteiger partial charge in [0.1, 0.15) is 5.60 Å². The zero-order valence-corrected chi connectivity index (χ0v) is 13.1. The topological polar surface area (TPSA) is 51.7 Å². The van der Waals surface area contributed by atoms with Crippen molar-refractivity contribution in [2.24, 2.45) is 5.92 Å². The summed E-state index contributed by atoms with van der Waals surface area (Å²) in [7, 11) is 0. The van der Waals surface area contributed by atoms with Gasteiger partial charge in [-0.3, -0.25) is 0 Å². The van der Waals surface area contributed by atoms with E-state index >= 15 is 0 Å². The molecule has 0 bridgehead atoms. The zero-order chi connectivity index (χ0) is 14.6. The van der Waals surface area contributed by atoms with Crippen LogP contribution < -0.4 is 4.74 Å². The molecule has 112 valence electrons. The van der Waals surface area contributed by atoms with Crippen LogP contribution in [0.3, 0.4) is 0 Å². The van der Waals surface area contributed by atoms with Crippen LogP contribution >= 0.6 is 11.3 Å². The van der Waals surface area contributed by atoms with Crippen molar-refractivity contribution in [3.8, 4) is 5.19 Å². The minimum atomic E-state index is -0.443. The van der Waals surface area contributed by atoms with E-state index in [0.29, 0.717) is 24.3 Å². The number of hydrogen-bond donors (Lipinski definition) is 0. The van der Waals surface area contributed by atoms with Crippen LogP contribution in [0.5, 0.6) is 5.19 Å². The molecular weight excluding hydrogens is 276 g/mol. The van der Waals surface area contributed by atoms with Crippen molar-refractivity contribution >= 4 is 17.4 Å². The number of piperidine rings is 1. The lowest BCUT2D eigenvalue weighted by molar-refractivity contribution is 0.0139. The Hall–Kier alpha value is -1.30. The van der Waals surface area contributed by atoms with E-state index in [9.17, 15) is 4.79 Å². The summed E-state index contributed by atoms with van der Waals surface area (Å²) in [6.07, 6.45) is 3.57. The molecule has 1 aromatic heterocycles. The first kappa shape index (κ1) is 15.1. The van der Waals surface area contributed by atoms with E-state index in [1.807, 2.05) is 26.2 Å². The number of likely N-dealkylation sites (tertiary alicyclic amines) is 1. The van der Waals surface area contributed by atoms with Gasteiger partial charge in [0.15, 0.2) is 0 Å². The van der Waals surface area contributed by atoms with Crippen LogP contribution in [0.15, 0.2) is 11.6 Å². The smallest absolute Gasteiger partial charge is 0.410 e. The maximum absolute atomic E-state index is 12.0. The molecule has 1 atom stereocenters. The van der Waals surface area contributed by atoms with Crippen LogP contribution in [0.4, 0.5) is 4.79 Å². The van der Waals surface area contributed by atoms with Crippen molar-refractivity contribution in [1.29, 1.82) is 0 Å². The summed E-state index contributed by atoms with van der Waals surface area (Å²) in [6, 6.07) is 0. The van der Waals surface area contributed by atoms with Gasteiger partial charge in [-0.15, -0.1) is 0 Å². The van der Waals surface area contributed by atoms with Crippen molar-refractivity contribution in [2.75, 3.05) is 19.7 Å². The molecule has 2 rings (SSSR count). The summed E-state index contributed by atoms with van der Waals surface area (Å²) in [5, 5.41) is 2.59. The molecule has 0 N–H and O–H groups in total. The summed E-state index contributed by atoms with van der Waals surface area (Å²) in [5.41, 5.74) is -0.443. The van der Waals surface area contributed by atoms with Gasteiger partial charge in [-0.2, -0.15) is 0 Å². The Morgan fingerprint density at radius 2 is 2.35 bits per heavy atom. The molecule has 1 aliphatic rings. The Labute approximate surface area is 123 Å². The maximum atomic E-state index is 12.0. The van der Waals surface area contributed by atoms with Crippen molar-refractivity contribution < 1.29 is 14.3 Å². The predicted octanol–water partition coefficient (Wildman–Crippen LogP) is 3.17. The molecule has 1 amide bonds. The molecule has 6 heteroatoms. The number of hydrogen-bond acceptors (Lipinski definition) is 5. The third kappa shape index (κ3) is 4.67. The minimum absolute atomic E-state index is 0.226. The van der Waals surface area contributed by atoms with Gasteiger partial charge in [0.05, 0.1) is 6.61 Å². The fourth-order valence-electron chi connectivity index (χ4n) is 2.16. The van der Waals surface area contributed by atoms with Crippen molar-refractivity contribution in [2.45, 2.75) is 39.2 Å². The molecule has 0 unspecified atom stereocenters. The van der Waals surface area contributed by atoms with Gasteiger partial charge < -0.3 is 14.4 Å². The van der Waals surface area contributed by atoms with Gasteiger partial charge in [0.25, 0.3) is 5.19 Å². The van der Waals surface area contributed by atoms with Gasteiger partial charge >= 0.3 is 6.09 Å². The van der Waals surface area contributed by atoms with Crippen molar-refractivity contribution in [1.82, 2.24) is 9.88 Å². The molecular formula is C14H22N2O3S. The second-order valence-corrected chi connectivity index (χ2v) is 6.90. The lowest BCUT2D eigenvalue weighted by Gasteiger charge is -2.33. The second-order valence-electron chi connectivity index (χ2n) is 6.04. The number of thiazole rings is 1. The van der Waals surface area contributed by atoms with Crippen LogP contribution in [0, 0.1) is 5.92 Å². The normalized spacial score (nSPS) is 19.8. The fourth-order valence-corrected chi connectivity index (χ4v) is 2.66. The van der Waals surface area contributed by atoms with Crippen LogP contribution in [-0.4, -0.2) is 41.3 Å². The molecule has 1 saturated heterocycles. The Balaban J connectivity index is 1.80. The van der Waals surface area contributed by atoms with E-state index in [-0.39, 0.29) is 6.09 Å². The Kier molecular flexibility index (Phi) is 4.86. The summed E-state index contributed by atoms with van der Waals surface area (Å²) >= 11 is 1.49. The quantitative estimate of drug-likeness (QED) is 0.860. The molecule has 1 fully saturated rings. The van der Waals surface area contributed by atoms with Crippen molar-refractivity contribution in [3.05, 3.63) is 11.6 Å². The predicted molar refractivity (Wildman–Crippen MR) is 78.1 cm³/mol. The lowest BCUT2D eigenvalue weighted by atomic mass is 9.99. The van der Waals surface area contributed by atoms with Crippen LogP contribution in [0.1, 0.15) is 33.6 Å². The second kappa shape index (κ2) is 6.43. The molecule has 0 aliphatic carbocycles. The highest BCUT2D eigenvalue weighted by Crippen LogP contribution is 2.21. The van der Waals surface area contributed by atoms with Crippen molar-refractivity contribution in [3.63, 3.8) is 0 Å². The summed E-state index contributed by atoms with van der Waals surface area (Å²) in [4.78, 5) is 17.9. The van der Waals surface area contributed by atoms with E-state index in [1.54, 1.807) is 11.1 Å². The van der Waals surface area contributed by atoms with Crippen LogP contribution in [-0.2, 0) is 4.74 Å². The third-order valence-electron chi connectivity index (χ3n) is 3.02. The van der Waals surface area contributed by atoms with Crippen LogP contribution in [0.25, 0.3) is 0 Å². The van der Waals surface area contributed by atoms with E-state index in [4.69, 9.17) is 9.47 Å². The molecule has 20 heavy (non-hydrogen) atoms. The Bertz CT molecular complexity index is 428. The molecule has 0 saturated carbocycles. The van der Waals surface area contributed by atoms with E-state index < -0.39 is 5.60 Å². The average Bonchev–Trinajstić information content (AvgIpc) is 2.88. The summed E-state index contributed by atoms with van der Waals surface area (Å²) in [5.74, 6) is 0.347. The SMILES string of the molecule is CC(C)(C)OC(=O)N1CCC[C@H](COc2nccs2)C1. The number of carbonyl (C=O) groups is 1. The Morgan fingerprint density at radius 1 is 1.55 bits per heavy atom. The van der Waals surface area contributed by atoms with Gasteiger partial charge in [0.2, 0.25) is 0 Å². The number of aromatic nitrogens is 1. The summed E-state index contributed by atoms with van der Waals surface area (Å²) in [6.45, 7) is 7.73. The molecule has 1 aliphatic heterocycles. The molecule has 0 radical (unpaired) electrons. The number of nitrogens with zero attached hydrogens (tertiary/aromatic N) is 2. The molecule has 2 heterocycles. The lowest BCUT2D eigenvalue weighted by Crippen LogP contribution is -2.44. The number of rotatable bonds is 3. The monoisotopic (exact) mass is 298 g/mol. The molecule has 5 nitrogen and oxygen atoms in total. The largest absolute Gasteiger partial charge is 0.470 e. The van der Waals surface area contributed by atoms with E-state index in [2.05, 4.69) is 4.98 Å². The molecule has 1 aromatic rings. The van der Waals surface area contributed by atoms with Gasteiger partial charge in [-0.25, -0.2) is 9.78 Å².